The Hall–Kier alpha value is -1.52. The Balaban J connectivity index is 1.43. The zero-order valence-corrected chi connectivity index (χ0v) is 18.0. The third kappa shape index (κ3) is 7.02. The van der Waals surface area contributed by atoms with Gasteiger partial charge in [-0.05, 0) is 37.7 Å². The van der Waals surface area contributed by atoms with Crippen molar-refractivity contribution in [3.8, 4) is 0 Å². The largest absolute Gasteiger partial charge is 0.394 e. The molecular weight excluding hydrogens is 408 g/mol. The van der Waals surface area contributed by atoms with E-state index in [2.05, 4.69) is 10.0 Å². The maximum absolute atomic E-state index is 12.5. The van der Waals surface area contributed by atoms with Crippen LogP contribution >= 0.6 is 0 Å². The highest BCUT2D eigenvalue weighted by atomic mass is 32.2. The van der Waals surface area contributed by atoms with Crippen LogP contribution < -0.4 is 10.0 Å². The monoisotopic (exact) mass is 440 g/mol. The van der Waals surface area contributed by atoms with Crippen LogP contribution in [0.4, 0.5) is 0 Å². The van der Waals surface area contributed by atoms with Gasteiger partial charge in [0, 0.05) is 25.7 Å². The van der Waals surface area contributed by atoms with Crippen LogP contribution in [0.25, 0.3) is 0 Å². The van der Waals surface area contributed by atoms with E-state index < -0.39 is 22.2 Å². The molecule has 2 fully saturated rings. The van der Waals surface area contributed by atoms with Crippen LogP contribution in [0, 0.1) is 5.92 Å². The molecule has 168 valence electrons. The number of amides is 1. The third-order valence-corrected chi connectivity index (χ3v) is 7.06. The highest BCUT2D eigenvalue weighted by Crippen LogP contribution is 2.23. The number of aliphatic hydroxyl groups excluding tert-OH is 1. The van der Waals surface area contributed by atoms with E-state index in [1.165, 1.54) is 0 Å². The fourth-order valence-corrected chi connectivity index (χ4v) is 5.45. The van der Waals surface area contributed by atoms with E-state index in [1.807, 2.05) is 6.07 Å². The second-order valence-corrected chi connectivity index (χ2v) is 9.75. The number of benzene rings is 1. The number of hydrogen-bond acceptors (Lipinski definition) is 6. The van der Waals surface area contributed by atoms with Crippen molar-refractivity contribution < 1.29 is 27.8 Å². The summed E-state index contributed by atoms with van der Waals surface area (Å²) in [6.07, 6.45) is 2.67. The van der Waals surface area contributed by atoms with Crippen LogP contribution in [0.5, 0.6) is 0 Å². The van der Waals surface area contributed by atoms with Crippen molar-refractivity contribution in [2.24, 2.45) is 5.92 Å². The van der Waals surface area contributed by atoms with E-state index in [9.17, 15) is 18.3 Å². The molecule has 2 heterocycles. The maximum atomic E-state index is 12.5. The Morgan fingerprint density at radius 2 is 1.83 bits per heavy atom. The number of carbonyl (C=O) groups is 1. The average Bonchev–Trinajstić information content (AvgIpc) is 2.75. The smallest absolute Gasteiger partial charge is 0.223 e. The van der Waals surface area contributed by atoms with Crippen molar-refractivity contribution in [3.05, 3.63) is 35.9 Å². The number of ether oxygens (including phenoxy) is 2. The standard InChI is InChI=1S/C21H32N2O6S/c24-14-20-19(23-30(26,27)15-16-4-2-1-3-5-16)7-6-18(29-20)8-11-22-21(25)17-9-12-28-13-10-17/h1-5,17-20,23-24H,6-15H2,(H,22,25)/t18-,19-,20+/m1/s1. The molecule has 0 radical (unpaired) electrons. The van der Waals surface area contributed by atoms with Gasteiger partial charge in [0.1, 0.15) is 0 Å². The zero-order valence-electron chi connectivity index (χ0n) is 17.2. The average molecular weight is 441 g/mol. The second kappa shape index (κ2) is 11.2. The van der Waals surface area contributed by atoms with Gasteiger partial charge in [-0.25, -0.2) is 13.1 Å². The first-order valence-electron chi connectivity index (χ1n) is 10.6. The Bertz CT molecular complexity index is 767. The van der Waals surface area contributed by atoms with E-state index in [0.717, 1.165) is 12.8 Å². The Morgan fingerprint density at radius 1 is 1.10 bits per heavy atom. The molecule has 8 nitrogen and oxygen atoms in total. The molecule has 0 aliphatic carbocycles. The minimum absolute atomic E-state index is 0.0135. The van der Waals surface area contributed by atoms with Gasteiger partial charge in [0.15, 0.2) is 0 Å². The van der Waals surface area contributed by atoms with E-state index in [-0.39, 0.29) is 30.3 Å². The Morgan fingerprint density at radius 3 is 2.53 bits per heavy atom. The predicted molar refractivity (Wildman–Crippen MR) is 112 cm³/mol. The summed E-state index contributed by atoms with van der Waals surface area (Å²) in [5.74, 6) is -0.0385. The van der Waals surface area contributed by atoms with Crippen LogP contribution in [-0.2, 0) is 30.0 Å². The van der Waals surface area contributed by atoms with Gasteiger partial charge in [0.25, 0.3) is 0 Å². The third-order valence-electron chi connectivity index (χ3n) is 5.68. The molecule has 0 aromatic heterocycles. The number of aliphatic hydroxyl groups is 1. The predicted octanol–water partition coefficient (Wildman–Crippen LogP) is 0.947. The van der Waals surface area contributed by atoms with Crippen molar-refractivity contribution in [2.75, 3.05) is 26.4 Å². The fraction of sp³-hybridized carbons (Fsp3) is 0.667. The summed E-state index contributed by atoms with van der Waals surface area (Å²) in [6, 6.07) is 8.52. The SMILES string of the molecule is O=C(NCC[C@H]1CC[C@@H](NS(=O)(=O)Cc2ccccc2)[C@H](CO)O1)C1CCOCC1. The molecule has 9 heteroatoms. The summed E-state index contributed by atoms with van der Waals surface area (Å²) in [7, 11) is -3.54. The minimum atomic E-state index is -3.54. The molecule has 3 rings (SSSR count). The van der Waals surface area contributed by atoms with Crippen LogP contribution in [0.1, 0.15) is 37.7 Å². The van der Waals surface area contributed by atoms with Crippen molar-refractivity contribution in [1.29, 1.82) is 0 Å². The van der Waals surface area contributed by atoms with Gasteiger partial charge in [-0.2, -0.15) is 0 Å². The molecule has 1 aromatic carbocycles. The number of hydrogen-bond donors (Lipinski definition) is 3. The molecule has 2 saturated heterocycles. The minimum Gasteiger partial charge on any atom is -0.394 e. The molecular formula is C21H32N2O6S. The molecule has 1 aromatic rings. The van der Waals surface area contributed by atoms with Crippen molar-refractivity contribution >= 4 is 15.9 Å². The summed E-state index contributed by atoms with van der Waals surface area (Å²) in [6.45, 7) is 1.50. The molecule has 1 amide bonds. The van der Waals surface area contributed by atoms with E-state index >= 15 is 0 Å². The van der Waals surface area contributed by atoms with Crippen molar-refractivity contribution in [2.45, 2.75) is 56.1 Å². The first kappa shape index (κ1) is 23.1. The zero-order chi connectivity index (χ0) is 21.4. The fourth-order valence-electron chi connectivity index (χ4n) is 4.01. The normalized spacial score (nSPS) is 25.7. The first-order valence-corrected chi connectivity index (χ1v) is 12.3. The topological polar surface area (TPSA) is 114 Å². The summed E-state index contributed by atoms with van der Waals surface area (Å²) in [5.41, 5.74) is 0.709. The van der Waals surface area contributed by atoms with Gasteiger partial charge in [0.05, 0.1) is 30.6 Å². The van der Waals surface area contributed by atoms with Gasteiger partial charge < -0.3 is 19.9 Å². The van der Waals surface area contributed by atoms with E-state index in [1.54, 1.807) is 24.3 Å². The highest BCUT2D eigenvalue weighted by molar-refractivity contribution is 7.88. The van der Waals surface area contributed by atoms with Crippen LogP contribution in [0.2, 0.25) is 0 Å². The lowest BCUT2D eigenvalue weighted by Crippen LogP contribution is -2.51. The molecule has 3 N–H and O–H groups in total. The van der Waals surface area contributed by atoms with Gasteiger partial charge in [-0.1, -0.05) is 30.3 Å². The van der Waals surface area contributed by atoms with Crippen LogP contribution in [0.15, 0.2) is 30.3 Å². The molecule has 0 spiro atoms. The molecule has 2 aliphatic heterocycles. The lowest BCUT2D eigenvalue weighted by atomic mass is 9.97. The molecule has 2 aliphatic rings. The highest BCUT2D eigenvalue weighted by Gasteiger charge is 2.33. The maximum Gasteiger partial charge on any atom is 0.223 e. The summed E-state index contributed by atoms with van der Waals surface area (Å²) in [4.78, 5) is 12.2. The summed E-state index contributed by atoms with van der Waals surface area (Å²) in [5, 5.41) is 12.7. The quantitative estimate of drug-likeness (QED) is 0.527. The Labute approximate surface area is 178 Å². The van der Waals surface area contributed by atoms with Crippen LogP contribution in [-0.4, -0.2) is 64.0 Å². The summed E-state index contributed by atoms with van der Waals surface area (Å²) < 4.78 is 38.9. The van der Waals surface area contributed by atoms with E-state index in [4.69, 9.17) is 9.47 Å². The lowest BCUT2D eigenvalue weighted by Gasteiger charge is -2.36. The van der Waals surface area contributed by atoms with Crippen molar-refractivity contribution in [3.63, 3.8) is 0 Å². The van der Waals surface area contributed by atoms with Gasteiger partial charge in [0.2, 0.25) is 15.9 Å². The Kier molecular flexibility index (Phi) is 8.64. The van der Waals surface area contributed by atoms with Crippen LogP contribution in [0.3, 0.4) is 0 Å². The number of carbonyl (C=O) groups excluding carboxylic acids is 1. The summed E-state index contributed by atoms with van der Waals surface area (Å²) >= 11 is 0. The number of nitrogens with one attached hydrogen (secondary N) is 2. The molecule has 0 bridgehead atoms. The number of sulfonamides is 1. The van der Waals surface area contributed by atoms with E-state index in [0.29, 0.717) is 44.6 Å². The van der Waals surface area contributed by atoms with Gasteiger partial charge in [-0.15, -0.1) is 0 Å². The van der Waals surface area contributed by atoms with Crippen molar-refractivity contribution in [1.82, 2.24) is 10.0 Å². The molecule has 0 saturated carbocycles. The molecule has 0 unspecified atom stereocenters. The first-order chi connectivity index (χ1) is 14.5. The molecule has 30 heavy (non-hydrogen) atoms. The van der Waals surface area contributed by atoms with Gasteiger partial charge in [-0.3, -0.25) is 4.79 Å². The second-order valence-electron chi connectivity index (χ2n) is 7.99. The molecule has 3 atom stereocenters. The number of rotatable bonds is 9. The van der Waals surface area contributed by atoms with Gasteiger partial charge >= 0.3 is 0 Å². The lowest BCUT2D eigenvalue weighted by molar-refractivity contribution is -0.128.